The fourth-order valence-corrected chi connectivity index (χ4v) is 2.43. The molecule has 0 fully saturated rings. The van der Waals surface area contributed by atoms with E-state index in [4.69, 9.17) is 0 Å². The number of phenols is 1. The molecular weight excluding hydrogens is 270 g/mol. The summed E-state index contributed by atoms with van der Waals surface area (Å²) in [5.74, 6) is 0.996. The number of hydrogen-bond donors (Lipinski definition) is 2. The van der Waals surface area contributed by atoms with Crippen molar-refractivity contribution in [2.24, 2.45) is 0 Å². The summed E-state index contributed by atoms with van der Waals surface area (Å²) in [6, 6.07) is 12.5. The minimum absolute atomic E-state index is 0.144. The van der Waals surface area contributed by atoms with Crippen molar-refractivity contribution < 1.29 is 9.90 Å². The van der Waals surface area contributed by atoms with Crippen LogP contribution in [0.1, 0.15) is 21.5 Å². The fourth-order valence-electron chi connectivity index (χ4n) is 1.90. The van der Waals surface area contributed by atoms with E-state index in [1.165, 1.54) is 5.56 Å². The van der Waals surface area contributed by atoms with Gasteiger partial charge in [-0.05, 0) is 54.6 Å². The van der Waals surface area contributed by atoms with Crippen LogP contribution in [0.15, 0.2) is 42.5 Å². The molecule has 0 aromatic heterocycles. The van der Waals surface area contributed by atoms with Crippen molar-refractivity contribution in [3.05, 3.63) is 59.2 Å². The Hall–Kier alpha value is -1.94. The molecule has 0 atom stereocenters. The highest BCUT2D eigenvalue weighted by Gasteiger charge is 2.08. The Balaban J connectivity index is 2.11. The molecule has 3 nitrogen and oxygen atoms in total. The van der Waals surface area contributed by atoms with Gasteiger partial charge in [-0.3, -0.25) is 4.79 Å². The summed E-state index contributed by atoms with van der Waals surface area (Å²) in [6.45, 7) is 1.84. The van der Waals surface area contributed by atoms with Crippen LogP contribution in [0.25, 0.3) is 0 Å². The summed E-state index contributed by atoms with van der Waals surface area (Å²) in [7, 11) is 0. The van der Waals surface area contributed by atoms with Crippen LogP contribution in [0.2, 0.25) is 0 Å². The number of thioether (sulfide) groups is 1. The Morgan fingerprint density at radius 1 is 1.20 bits per heavy atom. The average Bonchev–Trinajstić information content (AvgIpc) is 2.43. The van der Waals surface area contributed by atoms with Crippen molar-refractivity contribution in [1.29, 1.82) is 0 Å². The molecule has 0 saturated carbocycles. The summed E-state index contributed by atoms with van der Waals surface area (Å²) >= 11 is 1.75. The molecule has 2 aromatic carbocycles. The number of aromatic hydroxyl groups is 1. The number of aryl methyl sites for hydroxylation is 1. The highest BCUT2D eigenvalue weighted by molar-refractivity contribution is 7.97. The molecule has 2 aromatic rings. The van der Waals surface area contributed by atoms with E-state index in [2.05, 4.69) is 5.32 Å². The van der Waals surface area contributed by atoms with E-state index in [1.54, 1.807) is 30.0 Å². The lowest BCUT2D eigenvalue weighted by Crippen LogP contribution is -2.12. The molecule has 0 aliphatic rings. The monoisotopic (exact) mass is 287 g/mol. The summed E-state index contributed by atoms with van der Waals surface area (Å²) in [5.41, 5.74) is 3.37. The van der Waals surface area contributed by atoms with Crippen LogP contribution >= 0.6 is 11.8 Å². The molecule has 2 N–H and O–H groups in total. The summed E-state index contributed by atoms with van der Waals surface area (Å²) < 4.78 is 0. The SMILES string of the molecule is CSCc1ccc(C(=O)Nc2ccc(O)cc2C)cc1. The van der Waals surface area contributed by atoms with Gasteiger partial charge in [-0.2, -0.15) is 11.8 Å². The van der Waals surface area contributed by atoms with Crippen molar-refractivity contribution in [3.63, 3.8) is 0 Å². The van der Waals surface area contributed by atoms with Gasteiger partial charge in [0.15, 0.2) is 0 Å². The van der Waals surface area contributed by atoms with Gasteiger partial charge in [0.05, 0.1) is 0 Å². The fraction of sp³-hybridized carbons (Fsp3) is 0.188. The van der Waals surface area contributed by atoms with Gasteiger partial charge in [0.1, 0.15) is 5.75 Å². The number of benzene rings is 2. The third-order valence-corrected chi connectivity index (χ3v) is 3.61. The second-order valence-electron chi connectivity index (χ2n) is 4.58. The van der Waals surface area contributed by atoms with Crippen molar-refractivity contribution in [1.82, 2.24) is 0 Å². The molecule has 0 saturated heterocycles. The van der Waals surface area contributed by atoms with E-state index in [-0.39, 0.29) is 11.7 Å². The molecule has 20 heavy (non-hydrogen) atoms. The molecule has 0 unspecified atom stereocenters. The van der Waals surface area contributed by atoms with Crippen LogP contribution in [0.4, 0.5) is 5.69 Å². The topological polar surface area (TPSA) is 49.3 Å². The highest BCUT2D eigenvalue weighted by Crippen LogP contribution is 2.21. The zero-order chi connectivity index (χ0) is 14.5. The second-order valence-corrected chi connectivity index (χ2v) is 5.45. The third kappa shape index (κ3) is 3.54. The van der Waals surface area contributed by atoms with Crippen LogP contribution in [-0.2, 0) is 5.75 Å². The van der Waals surface area contributed by atoms with Gasteiger partial charge in [0, 0.05) is 17.0 Å². The number of carbonyl (C=O) groups excluding carboxylic acids is 1. The number of amides is 1. The first-order valence-electron chi connectivity index (χ1n) is 6.29. The molecule has 0 radical (unpaired) electrons. The Morgan fingerprint density at radius 2 is 1.90 bits per heavy atom. The maximum absolute atomic E-state index is 12.1. The van der Waals surface area contributed by atoms with Crippen LogP contribution in [0, 0.1) is 6.92 Å². The van der Waals surface area contributed by atoms with Gasteiger partial charge in [-0.25, -0.2) is 0 Å². The molecule has 0 aliphatic heterocycles. The molecule has 4 heteroatoms. The largest absolute Gasteiger partial charge is 0.508 e. The Morgan fingerprint density at radius 3 is 2.50 bits per heavy atom. The summed E-state index contributed by atoms with van der Waals surface area (Å²) in [4.78, 5) is 12.1. The van der Waals surface area contributed by atoms with Crippen LogP contribution < -0.4 is 5.32 Å². The predicted molar refractivity (Wildman–Crippen MR) is 84.5 cm³/mol. The van der Waals surface area contributed by atoms with Crippen LogP contribution in [0.5, 0.6) is 5.75 Å². The van der Waals surface area contributed by atoms with Crippen molar-refractivity contribution in [2.45, 2.75) is 12.7 Å². The molecule has 0 heterocycles. The van der Waals surface area contributed by atoms with E-state index in [0.717, 1.165) is 11.3 Å². The van der Waals surface area contributed by atoms with Crippen LogP contribution in [0.3, 0.4) is 0 Å². The van der Waals surface area contributed by atoms with Crippen molar-refractivity contribution >= 4 is 23.4 Å². The summed E-state index contributed by atoms with van der Waals surface area (Å²) in [5, 5.41) is 12.2. The van der Waals surface area contributed by atoms with E-state index >= 15 is 0 Å². The molecule has 104 valence electrons. The minimum Gasteiger partial charge on any atom is -0.508 e. The van der Waals surface area contributed by atoms with E-state index in [9.17, 15) is 9.90 Å². The lowest BCUT2D eigenvalue weighted by molar-refractivity contribution is 0.102. The van der Waals surface area contributed by atoms with Gasteiger partial charge >= 0.3 is 0 Å². The second kappa shape index (κ2) is 6.48. The Bertz CT molecular complexity index is 608. The van der Waals surface area contributed by atoms with Gasteiger partial charge in [-0.15, -0.1) is 0 Å². The van der Waals surface area contributed by atoms with Gasteiger partial charge in [0.2, 0.25) is 0 Å². The maximum atomic E-state index is 12.1. The van der Waals surface area contributed by atoms with E-state index in [1.807, 2.05) is 37.4 Å². The zero-order valence-corrected chi connectivity index (χ0v) is 12.3. The third-order valence-electron chi connectivity index (χ3n) is 2.99. The zero-order valence-electron chi connectivity index (χ0n) is 11.5. The molecule has 0 bridgehead atoms. The van der Waals surface area contributed by atoms with Crippen LogP contribution in [-0.4, -0.2) is 17.3 Å². The lowest BCUT2D eigenvalue weighted by atomic mass is 10.1. The average molecular weight is 287 g/mol. The molecule has 0 spiro atoms. The first kappa shape index (κ1) is 14.5. The van der Waals surface area contributed by atoms with E-state index < -0.39 is 0 Å². The van der Waals surface area contributed by atoms with Crippen molar-refractivity contribution in [3.8, 4) is 5.75 Å². The molecule has 0 aliphatic carbocycles. The number of nitrogens with one attached hydrogen (secondary N) is 1. The number of phenolic OH excluding ortho intramolecular Hbond substituents is 1. The number of hydrogen-bond acceptors (Lipinski definition) is 3. The quantitative estimate of drug-likeness (QED) is 0.841. The maximum Gasteiger partial charge on any atom is 0.255 e. The number of carbonyl (C=O) groups is 1. The molecular formula is C16H17NO2S. The predicted octanol–water partition coefficient (Wildman–Crippen LogP) is 3.82. The normalized spacial score (nSPS) is 10.3. The first-order chi connectivity index (χ1) is 9.60. The lowest BCUT2D eigenvalue weighted by Gasteiger charge is -2.09. The van der Waals surface area contributed by atoms with Gasteiger partial charge in [0.25, 0.3) is 5.91 Å². The number of anilines is 1. The minimum atomic E-state index is -0.144. The van der Waals surface area contributed by atoms with Gasteiger partial charge in [-0.1, -0.05) is 12.1 Å². The molecule has 1 amide bonds. The summed E-state index contributed by atoms with van der Waals surface area (Å²) in [6.07, 6.45) is 2.05. The smallest absolute Gasteiger partial charge is 0.255 e. The number of rotatable bonds is 4. The Labute approximate surface area is 123 Å². The van der Waals surface area contributed by atoms with E-state index in [0.29, 0.717) is 11.3 Å². The molecule has 2 rings (SSSR count). The van der Waals surface area contributed by atoms with Gasteiger partial charge < -0.3 is 10.4 Å². The standard InChI is InChI=1S/C16H17NO2S/c1-11-9-14(18)7-8-15(11)17-16(19)13-5-3-12(4-6-13)10-20-2/h3-9,18H,10H2,1-2H3,(H,17,19). The highest BCUT2D eigenvalue weighted by atomic mass is 32.2. The first-order valence-corrected chi connectivity index (χ1v) is 7.68. The Kier molecular flexibility index (Phi) is 4.69. The van der Waals surface area contributed by atoms with Crippen molar-refractivity contribution in [2.75, 3.05) is 11.6 Å².